The van der Waals surface area contributed by atoms with Crippen molar-refractivity contribution in [2.75, 3.05) is 0 Å². The van der Waals surface area contributed by atoms with Crippen LogP contribution in [0.25, 0.3) is 0 Å². The molecule has 0 spiro atoms. The van der Waals surface area contributed by atoms with Crippen LogP contribution >= 0.6 is 0 Å². The first-order chi connectivity index (χ1) is 6.40. The third-order valence-electron chi connectivity index (χ3n) is 2.94. The highest BCUT2D eigenvalue weighted by Gasteiger charge is 2.62. The van der Waals surface area contributed by atoms with Gasteiger partial charge in [-0.3, -0.25) is 9.59 Å². The molecule has 0 unspecified atom stereocenters. The first-order valence-corrected chi connectivity index (χ1v) is 5.16. The van der Waals surface area contributed by atoms with Crippen molar-refractivity contribution >= 4 is 11.8 Å². The summed E-state index contributed by atoms with van der Waals surface area (Å²) in [7, 11) is 0. The van der Waals surface area contributed by atoms with Gasteiger partial charge in [0.1, 0.15) is 11.4 Å². The van der Waals surface area contributed by atoms with Crippen molar-refractivity contribution in [3.8, 4) is 0 Å². The van der Waals surface area contributed by atoms with Crippen molar-refractivity contribution < 1.29 is 14.3 Å². The SMILES string of the molecule is CC(C)(C)OC(=O)[C@H]1[C@H]2CCC(=O)[C@H]21. The summed E-state index contributed by atoms with van der Waals surface area (Å²) in [5.74, 6) is 0.268. The Labute approximate surface area is 83.8 Å². The van der Waals surface area contributed by atoms with Crippen LogP contribution in [0.2, 0.25) is 0 Å². The quantitative estimate of drug-likeness (QED) is 0.598. The van der Waals surface area contributed by atoms with Gasteiger partial charge in [-0.15, -0.1) is 0 Å². The number of carbonyl (C=O) groups is 2. The van der Waals surface area contributed by atoms with Gasteiger partial charge in [0.25, 0.3) is 0 Å². The summed E-state index contributed by atoms with van der Waals surface area (Å²) < 4.78 is 5.26. The molecule has 14 heavy (non-hydrogen) atoms. The summed E-state index contributed by atoms with van der Waals surface area (Å²) in [6.45, 7) is 5.56. The van der Waals surface area contributed by atoms with E-state index in [0.29, 0.717) is 12.3 Å². The lowest BCUT2D eigenvalue weighted by atomic mass is 10.1. The minimum atomic E-state index is -0.434. The minimum Gasteiger partial charge on any atom is -0.460 e. The molecule has 2 aliphatic carbocycles. The summed E-state index contributed by atoms with van der Waals surface area (Å²) in [4.78, 5) is 22.9. The Morgan fingerprint density at radius 3 is 2.50 bits per heavy atom. The van der Waals surface area contributed by atoms with Crippen LogP contribution in [0, 0.1) is 17.8 Å². The topological polar surface area (TPSA) is 43.4 Å². The summed E-state index contributed by atoms with van der Waals surface area (Å²) in [5, 5.41) is 0. The largest absolute Gasteiger partial charge is 0.460 e. The van der Waals surface area contributed by atoms with E-state index in [4.69, 9.17) is 4.74 Å². The van der Waals surface area contributed by atoms with Crippen LogP contribution in [-0.4, -0.2) is 17.4 Å². The van der Waals surface area contributed by atoms with Gasteiger partial charge in [0, 0.05) is 12.3 Å². The summed E-state index contributed by atoms with van der Waals surface area (Å²) in [6.07, 6.45) is 1.54. The third kappa shape index (κ3) is 1.56. The highest BCUT2D eigenvalue weighted by atomic mass is 16.6. The number of Topliss-reactive ketones (excluding diaryl/α,β-unsaturated/α-hetero) is 1. The molecule has 2 fully saturated rings. The zero-order valence-corrected chi connectivity index (χ0v) is 8.87. The second kappa shape index (κ2) is 2.81. The molecule has 0 heterocycles. The fourth-order valence-electron chi connectivity index (χ4n) is 2.34. The zero-order valence-electron chi connectivity index (χ0n) is 8.87. The number of ether oxygens (including phenoxy) is 1. The number of rotatable bonds is 1. The minimum absolute atomic E-state index is 0.00449. The molecule has 78 valence electrons. The maximum Gasteiger partial charge on any atom is 0.310 e. The van der Waals surface area contributed by atoms with Crippen molar-refractivity contribution in [1.82, 2.24) is 0 Å². The molecule has 2 saturated carbocycles. The maximum absolute atomic E-state index is 11.6. The summed E-state index contributed by atoms with van der Waals surface area (Å²) >= 11 is 0. The lowest BCUT2D eigenvalue weighted by Gasteiger charge is -2.19. The van der Waals surface area contributed by atoms with Gasteiger partial charge in [-0.2, -0.15) is 0 Å². The molecule has 0 aromatic heterocycles. The molecule has 0 saturated heterocycles. The van der Waals surface area contributed by atoms with Crippen LogP contribution in [-0.2, 0) is 14.3 Å². The highest BCUT2D eigenvalue weighted by Crippen LogP contribution is 2.56. The molecule has 3 heteroatoms. The molecule has 3 atom stereocenters. The normalized spacial score (nSPS) is 35.4. The lowest BCUT2D eigenvalue weighted by Crippen LogP contribution is -2.26. The predicted octanol–water partition coefficient (Wildman–Crippen LogP) is 1.55. The first kappa shape index (κ1) is 9.69. The molecule has 0 N–H and O–H groups in total. The smallest absolute Gasteiger partial charge is 0.310 e. The van der Waals surface area contributed by atoms with E-state index in [-0.39, 0.29) is 23.6 Å². The average Bonchev–Trinajstić information content (AvgIpc) is 2.61. The Morgan fingerprint density at radius 2 is 2.07 bits per heavy atom. The molecule has 3 nitrogen and oxygen atoms in total. The monoisotopic (exact) mass is 196 g/mol. The van der Waals surface area contributed by atoms with Crippen LogP contribution in [0.5, 0.6) is 0 Å². The molecule has 0 aromatic rings. The predicted molar refractivity (Wildman–Crippen MR) is 50.6 cm³/mol. The number of hydrogen-bond donors (Lipinski definition) is 0. The van der Waals surface area contributed by atoms with Crippen LogP contribution in [0.1, 0.15) is 33.6 Å². The molecular weight excluding hydrogens is 180 g/mol. The zero-order chi connectivity index (χ0) is 10.5. The van der Waals surface area contributed by atoms with E-state index in [0.717, 1.165) is 6.42 Å². The fourth-order valence-corrected chi connectivity index (χ4v) is 2.34. The highest BCUT2D eigenvalue weighted by molar-refractivity contribution is 5.94. The van der Waals surface area contributed by atoms with Gasteiger partial charge >= 0.3 is 5.97 Å². The Hall–Kier alpha value is -0.860. The Morgan fingerprint density at radius 1 is 1.43 bits per heavy atom. The first-order valence-electron chi connectivity index (χ1n) is 5.16. The molecule has 0 bridgehead atoms. The lowest BCUT2D eigenvalue weighted by molar-refractivity contribution is -0.158. The molecular formula is C11H16O3. The van der Waals surface area contributed by atoms with Gasteiger partial charge in [-0.1, -0.05) is 0 Å². The second-order valence-corrected chi connectivity index (χ2v) is 5.25. The van der Waals surface area contributed by atoms with Crippen molar-refractivity contribution in [1.29, 1.82) is 0 Å². The van der Waals surface area contributed by atoms with Gasteiger partial charge in [0.2, 0.25) is 0 Å². The molecule has 0 radical (unpaired) electrons. The Kier molecular flexibility index (Phi) is 1.95. The van der Waals surface area contributed by atoms with E-state index in [1.165, 1.54) is 0 Å². The standard InChI is InChI=1S/C11H16O3/c1-11(2,3)14-10(13)9-6-4-5-7(12)8(6)9/h6,8-9H,4-5H2,1-3H3/t6-,8-,9-/m0/s1. The maximum atomic E-state index is 11.6. The van der Waals surface area contributed by atoms with Crippen LogP contribution < -0.4 is 0 Å². The second-order valence-electron chi connectivity index (χ2n) is 5.25. The van der Waals surface area contributed by atoms with Gasteiger partial charge in [-0.05, 0) is 33.1 Å². The summed E-state index contributed by atoms with van der Waals surface area (Å²) in [5.41, 5.74) is -0.434. The van der Waals surface area contributed by atoms with Gasteiger partial charge in [-0.25, -0.2) is 0 Å². The van der Waals surface area contributed by atoms with Gasteiger partial charge in [0.05, 0.1) is 5.92 Å². The number of fused-ring (bicyclic) bond motifs is 1. The van der Waals surface area contributed by atoms with Gasteiger partial charge < -0.3 is 4.74 Å². The summed E-state index contributed by atoms with van der Waals surface area (Å²) in [6, 6.07) is 0. The van der Waals surface area contributed by atoms with Crippen LogP contribution in [0.3, 0.4) is 0 Å². The molecule has 0 aromatic carbocycles. The van der Waals surface area contributed by atoms with Crippen molar-refractivity contribution in [3.05, 3.63) is 0 Å². The molecule has 0 aliphatic heterocycles. The van der Waals surface area contributed by atoms with Gasteiger partial charge in [0.15, 0.2) is 0 Å². The van der Waals surface area contributed by atoms with Crippen molar-refractivity contribution in [2.45, 2.75) is 39.2 Å². The number of ketones is 1. The van der Waals surface area contributed by atoms with E-state index in [9.17, 15) is 9.59 Å². The fraction of sp³-hybridized carbons (Fsp3) is 0.818. The van der Waals surface area contributed by atoms with E-state index in [1.807, 2.05) is 20.8 Å². The van der Waals surface area contributed by atoms with Crippen LogP contribution in [0.4, 0.5) is 0 Å². The Balaban J connectivity index is 1.94. The number of carbonyl (C=O) groups excluding carboxylic acids is 2. The van der Waals surface area contributed by atoms with Crippen LogP contribution in [0.15, 0.2) is 0 Å². The number of esters is 1. The average molecular weight is 196 g/mol. The van der Waals surface area contributed by atoms with E-state index in [1.54, 1.807) is 0 Å². The van der Waals surface area contributed by atoms with Crippen molar-refractivity contribution in [3.63, 3.8) is 0 Å². The van der Waals surface area contributed by atoms with Crippen molar-refractivity contribution in [2.24, 2.45) is 17.8 Å². The van der Waals surface area contributed by atoms with E-state index >= 15 is 0 Å². The number of hydrogen-bond acceptors (Lipinski definition) is 3. The molecule has 2 aliphatic rings. The van der Waals surface area contributed by atoms with E-state index < -0.39 is 5.60 Å². The Bertz CT molecular complexity index is 287. The third-order valence-corrected chi connectivity index (χ3v) is 2.94. The molecule has 0 amide bonds. The molecule has 2 rings (SSSR count). The van der Waals surface area contributed by atoms with E-state index in [2.05, 4.69) is 0 Å².